The molecule has 0 bridgehead atoms. The molecule has 2 aromatic rings. The Morgan fingerprint density at radius 3 is 1.47 bits per heavy atom. The van der Waals surface area contributed by atoms with Crippen LogP contribution < -0.4 is 10.4 Å². The first-order valence-corrected chi connectivity index (χ1v) is 7.77. The molecule has 1 radical (unpaired) electrons. The first-order valence-electron chi connectivity index (χ1n) is 4.94. The van der Waals surface area contributed by atoms with Crippen LogP contribution in [-0.4, -0.2) is 13.8 Å². The van der Waals surface area contributed by atoms with E-state index < -0.39 is 8.80 Å². The highest BCUT2D eigenvalue weighted by atomic mass is 79.9. The highest BCUT2D eigenvalue weighted by molar-refractivity contribution is 9.09. The van der Waals surface area contributed by atoms with Gasteiger partial charge in [0, 0.05) is 4.95 Å². The van der Waals surface area contributed by atoms with Gasteiger partial charge in [0.15, 0.2) is 0 Å². The van der Waals surface area contributed by atoms with Crippen LogP contribution in [0, 0.1) is 0 Å². The van der Waals surface area contributed by atoms with Crippen molar-refractivity contribution >= 4 is 35.1 Å². The van der Waals surface area contributed by atoms with E-state index in [1.807, 2.05) is 0 Å². The predicted octanol–water partition coefficient (Wildman–Crippen LogP) is 2.23. The van der Waals surface area contributed by atoms with Gasteiger partial charge in [0.25, 0.3) is 0 Å². The molecule has 2 rings (SSSR count). The maximum atomic E-state index is 3.63. The molecule has 0 amide bonds. The van der Waals surface area contributed by atoms with Crippen molar-refractivity contribution < 1.29 is 0 Å². The van der Waals surface area contributed by atoms with E-state index in [1.54, 1.807) is 0 Å². The maximum Gasteiger partial charge on any atom is 0.132 e. The minimum atomic E-state index is -0.622. The van der Waals surface area contributed by atoms with Crippen molar-refractivity contribution in [2.45, 2.75) is 0 Å². The predicted molar refractivity (Wildman–Crippen MR) is 71.7 cm³/mol. The zero-order chi connectivity index (χ0) is 10.5. The van der Waals surface area contributed by atoms with Gasteiger partial charge in [0.2, 0.25) is 0 Å². The Hall–Kier alpha value is -0.863. The normalized spacial score (nSPS) is 10.5. The first kappa shape index (κ1) is 10.6. The summed E-state index contributed by atoms with van der Waals surface area (Å²) in [6, 6.07) is 21.5. The fourth-order valence-corrected chi connectivity index (χ4v) is 5.37. The molecule has 0 aliphatic heterocycles. The molecule has 2 heteroatoms. The Labute approximate surface area is 101 Å². The minimum Gasteiger partial charge on any atom is -0.0956 e. The van der Waals surface area contributed by atoms with Gasteiger partial charge in [0.05, 0.1) is 0 Å². The van der Waals surface area contributed by atoms with Gasteiger partial charge in [-0.15, -0.1) is 0 Å². The summed E-state index contributed by atoms with van der Waals surface area (Å²) in [7, 11) is -0.622. The molecule has 0 fully saturated rings. The molecule has 0 aliphatic rings. The highest BCUT2D eigenvalue weighted by Crippen LogP contribution is 1.95. The van der Waals surface area contributed by atoms with Crippen molar-refractivity contribution in [1.29, 1.82) is 0 Å². The van der Waals surface area contributed by atoms with Gasteiger partial charge in [0.1, 0.15) is 8.80 Å². The lowest BCUT2D eigenvalue weighted by molar-refractivity contribution is 1.72. The molecule has 0 aromatic heterocycles. The summed E-state index contributed by atoms with van der Waals surface area (Å²) in [5, 5.41) is 2.93. The molecule has 0 saturated carbocycles. The molecule has 0 spiro atoms. The Morgan fingerprint density at radius 1 is 0.733 bits per heavy atom. The third-order valence-electron chi connectivity index (χ3n) is 2.38. The molecular weight excluding hydrogens is 264 g/mol. The average molecular weight is 276 g/mol. The summed E-state index contributed by atoms with van der Waals surface area (Å²) in [6.45, 7) is 0. The number of alkyl halides is 1. The van der Waals surface area contributed by atoms with Gasteiger partial charge in [-0.05, 0) is 0 Å². The summed E-state index contributed by atoms with van der Waals surface area (Å²) >= 11 is 3.63. The Morgan fingerprint density at radius 2 is 1.13 bits per heavy atom. The second-order valence-corrected chi connectivity index (χ2v) is 7.41. The van der Waals surface area contributed by atoms with Crippen LogP contribution in [0.1, 0.15) is 0 Å². The van der Waals surface area contributed by atoms with Crippen LogP contribution in [0.3, 0.4) is 0 Å². The van der Waals surface area contributed by atoms with Crippen molar-refractivity contribution in [3.63, 3.8) is 0 Å². The Kier molecular flexibility index (Phi) is 3.75. The smallest absolute Gasteiger partial charge is 0.0956 e. The van der Waals surface area contributed by atoms with E-state index in [4.69, 9.17) is 0 Å². The molecule has 0 aliphatic carbocycles. The second-order valence-electron chi connectivity index (χ2n) is 3.34. The van der Waals surface area contributed by atoms with E-state index >= 15 is 0 Å². The van der Waals surface area contributed by atoms with E-state index in [2.05, 4.69) is 76.6 Å². The van der Waals surface area contributed by atoms with Crippen molar-refractivity contribution in [1.82, 2.24) is 0 Å². The molecule has 2 aromatic carbocycles. The molecule has 0 atom stereocenters. The fourth-order valence-electron chi connectivity index (χ4n) is 1.60. The SMILES string of the molecule is BrC[Si](c1ccccc1)c1ccccc1. The summed E-state index contributed by atoms with van der Waals surface area (Å²) < 4.78 is 0. The van der Waals surface area contributed by atoms with Crippen molar-refractivity contribution in [3.8, 4) is 0 Å². The lowest BCUT2D eigenvalue weighted by Gasteiger charge is -2.12. The Bertz CT molecular complexity index is 360. The first-order chi connectivity index (χ1) is 7.42. The molecule has 0 heterocycles. The van der Waals surface area contributed by atoms with Crippen LogP contribution in [0.2, 0.25) is 0 Å². The molecule has 75 valence electrons. The van der Waals surface area contributed by atoms with Crippen LogP contribution in [0.4, 0.5) is 0 Å². The standard InChI is InChI=1S/C13H12BrSi/c14-11-15(12-7-3-1-4-8-12)13-9-5-2-6-10-13/h1-10H,11H2. The number of benzene rings is 2. The number of hydrogen-bond acceptors (Lipinski definition) is 0. The van der Waals surface area contributed by atoms with E-state index in [9.17, 15) is 0 Å². The lowest BCUT2D eigenvalue weighted by atomic mass is 10.4. The third kappa shape index (κ3) is 2.58. The van der Waals surface area contributed by atoms with Gasteiger partial charge >= 0.3 is 0 Å². The zero-order valence-corrected chi connectivity index (χ0v) is 10.9. The Balaban J connectivity index is 2.34. The van der Waals surface area contributed by atoms with E-state index in [-0.39, 0.29) is 0 Å². The van der Waals surface area contributed by atoms with Gasteiger partial charge < -0.3 is 0 Å². The molecule has 15 heavy (non-hydrogen) atoms. The monoisotopic (exact) mass is 275 g/mol. The zero-order valence-electron chi connectivity index (χ0n) is 8.36. The van der Waals surface area contributed by atoms with Gasteiger partial charge in [-0.25, -0.2) is 0 Å². The van der Waals surface area contributed by atoms with Crippen LogP contribution in [0.15, 0.2) is 60.7 Å². The molecule has 0 N–H and O–H groups in total. The number of hydrogen-bond donors (Lipinski definition) is 0. The van der Waals surface area contributed by atoms with Crippen molar-refractivity contribution in [2.24, 2.45) is 0 Å². The van der Waals surface area contributed by atoms with Crippen LogP contribution >= 0.6 is 15.9 Å². The molecular formula is C13H12BrSi. The summed E-state index contributed by atoms with van der Waals surface area (Å²) in [4.78, 5) is 1.06. The van der Waals surface area contributed by atoms with E-state index in [1.165, 1.54) is 10.4 Å². The molecule has 0 nitrogen and oxygen atoms in total. The van der Waals surface area contributed by atoms with Crippen molar-refractivity contribution in [3.05, 3.63) is 60.7 Å². The van der Waals surface area contributed by atoms with Crippen LogP contribution in [0.5, 0.6) is 0 Å². The van der Waals surface area contributed by atoms with E-state index in [0.29, 0.717) is 0 Å². The third-order valence-corrected chi connectivity index (χ3v) is 6.39. The second kappa shape index (κ2) is 5.28. The van der Waals surface area contributed by atoms with Crippen LogP contribution in [0.25, 0.3) is 0 Å². The lowest BCUT2D eigenvalue weighted by Crippen LogP contribution is -2.43. The van der Waals surface area contributed by atoms with E-state index in [0.717, 1.165) is 4.95 Å². The number of rotatable bonds is 3. The van der Waals surface area contributed by atoms with Crippen LogP contribution in [-0.2, 0) is 0 Å². The highest BCUT2D eigenvalue weighted by Gasteiger charge is 2.14. The fraction of sp³-hybridized carbons (Fsp3) is 0.0769. The summed E-state index contributed by atoms with van der Waals surface area (Å²) in [5.74, 6) is 0. The summed E-state index contributed by atoms with van der Waals surface area (Å²) in [5.41, 5.74) is 0. The van der Waals surface area contributed by atoms with Gasteiger partial charge in [-0.2, -0.15) is 0 Å². The quantitative estimate of drug-likeness (QED) is 0.596. The minimum absolute atomic E-state index is 0.622. The average Bonchev–Trinajstić information content (AvgIpc) is 2.33. The topological polar surface area (TPSA) is 0 Å². The number of halogens is 1. The van der Waals surface area contributed by atoms with Gasteiger partial charge in [-0.3, -0.25) is 0 Å². The largest absolute Gasteiger partial charge is 0.132 e. The molecule has 0 saturated heterocycles. The summed E-state index contributed by atoms with van der Waals surface area (Å²) in [6.07, 6.45) is 0. The molecule has 0 unspecified atom stereocenters. The van der Waals surface area contributed by atoms with Gasteiger partial charge in [-0.1, -0.05) is 87.0 Å². The maximum absolute atomic E-state index is 3.63. The van der Waals surface area contributed by atoms with Crippen molar-refractivity contribution in [2.75, 3.05) is 4.95 Å².